The Bertz CT molecular complexity index is 986. The SMILES string of the molecule is O=C(NCCCN1CCc2ccccc2C1)C1CCN(S(=O)(=O)c2ccccc2)CC1. The van der Waals surface area contributed by atoms with E-state index in [1.807, 2.05) is 0 Å². The van der Waals surface area contributed by atoms with E-state index in [1.165, 1.54) is 15.4 Å². The van der Waals surface area contributed by atoms with E-state index in [0.717, 1.165) is 32.5 Å². The summed E-state index contributed by atoms with van der Waals surface area (Å²) in [5, 5.41) is 3.06. The second-order valence-electron chi connectivity index (χ2n) is 8.43. The molecule has 2 aromatic rings. The fourth-order valence-electron chi connectivity index (χ4n) is 4.50. The molecule has 1 saturated heterocycles. The molecule has 6 nitrogen and oxygen atoms in total. The first-order valence-corrected chi connectivity index (χ1v) is 12.6. The van der Waals surface area contributed by atoms with Gasteiger partial charge in [-0.05, 0) is 48.9 Å². The summed E-state index contributed by atoms with van der Waals surface area (Å²) < 4.78 is 26.9. The molecule has 166 valence electrons. The average Bonchev–Trinajstić information content (AvgIpc) is 2.82. The molecule has 0 aliphatic carbocycles. The molecule has 0 spiro atoms. The zero-order chi connectivity index (χ0) is 21.7. The van der Waals surface area contributed by atoms with Gasteiger partial charge < -0.3 is 5.32 Å². The molecule has 7 heteroatoms. The number of nitrogens with one attached hydrogen (secondary N) is 1. The third kappa shape index (κ3) is 5.34. The maximum atomic E-state index is 12.7. The number of carbonyl (C=O) groups is 1. The van der Waals surface area contributed by atoms with E-state index in [-0.39, 0.29) is 11.8 Å². The van der Waals surface area contributed by atoms with Crippen LogP contribution >= 0.6 is 0 Å². The molecule has 2 aromatic carbocycles. The van der Waals surface area contributed by atoms with Gasteiger partial charge in [-0.2, -0.15) is 4.31 Å². The fourth-order valence-corrected chi connectivity index (χ4v) is 5.99. The van der Waals surface area contributed by atoms with Gasteiger partial charge in [0, 0.05) is 45.2 Å². The summed E-state index contributed by atoms with van der Waals surface area (Å²) in [6.07, 6.45) is 3.16. The Morgan fingerprint density at radius 1 is 0.935 bits per heavy atom. The van der Waals surface area contributed by atoms with Gasteiger partial charge >= 0.3 is 0 Å². The fraction of sp³-hybridized carbons (Fsp3) is 0.458. The second kappa shape index (κ2) is 9.94. The zero-order valence-corrected chi connectivity index (χ0v) is 18.7. The van der Waals surface area contributed by atoms with Gasteiger partial charge in [0.25, 0.3) is 0 Å². The number of benzene rings is 2. The number of amides is 1. The first-order chi connectivity index (χ1) is 15.0. The summed E-state index contributed by atoms with van der Waals surface area (Å²) in [5.41, 5.74) is 2.86. The molecular formula is C24H31N3O3S. The number of piperidine rings is 1. The summed E-state index contributed by atoms with van der Waals surface area (Å²) in [4.78, 5) is 15.3. The van der Waals surface area contributed by atoms with Gasteiger partial charge in [0.15, 0.2) is 0 Å². The summed E-state index contributed by atoms with van der Waals surface area (Å²) in [6.45, 7) is 4.48. The molecule has 0 aromatic heterocycles. The Labute approximate surface area is 185 Å². The summed E-state index contributed by atoms with van der Waals surface area (Å²) >= 11 is 0. The van der Waals surface area contributed by atoms with E-state index >= 15 is 0 Å². The highest BCUT2D eigenvalue weighted by Gasteiger charge is 2.31. The van der Waals surface area contributed by atoms with E-state index in [0.29, 0.717) is 37.4 Å². The van der Waals surface area contributed by atoms with Crippen molar-refractivity contribution in [3.05, 3.63) is 65.7 Å². The number of rotatable bonds is 7. The maximum Gasteiger partial charge on any atom is 0.243 e. The predicted octanol–water partition coefficient (Wildman–Crippen LogP) is 2.65. The number of hydrogen-bond donors (Lipinski definition) is 1. The summed E-state index contributed by atoms with van der Waals surface area (Å²) in [5.74, 6) is -0.0511. The van der Waals surface area contributed by atoms with Crippen molar-refractivity contribution >= 4 is 15.9 Å². The van der Waals surface area contributed by atoms with Crippen molar-refractivity contribution in [2.75, 3.05) is 32.7 Å². The molecule has 1 N–H and O–H groups in total. The molecule has 0 atom stereocenters. The molecular weight excluding hydrogens is 410 g/mol. The largest absolute Gasteiger partial charge is 0.356 e. The monoisotopic (exact) mass is 441 g/mol. The van der Waals surface area contributed by atoms with Gasteiger partial charge in [-0.3, -0.25) is 9.69 Å². The number of fused-ring (bicyclic) bond motifs is 1. The Morgan fingerprint density at radius 2 is 1.61 bits per heavy atom. The third-order valence-corrected chi connectivity index (χ3v) is 8.28. The van der Waals surface area contributed by atoms with Crippen LogP contribution in [0, 0.1) is 5.92 Å². The average molecular weight is 442 g/mol. The summed E-state index contributed by atoms with van der Waals surface area (Å²) in [7, 11) is -3.47. The van der Waals surface area contributed by atoms with Gasteiger partial charge in [-0.1, -0.05) is 42.5 Å². The number of sulfonamides is 1. The molecule has 2 aliphatic rings. The van der Waals surface area contributed by atoms with Crippen LogP contribution in [-0.2, 0) is 27.8 Å². The van der Waals surface area contributed by atoms with Crippen LogP contribution in [0.4, 0.5) is 0 Å². The van der Waals surface area contributed by atoms with Gasteiger partial charge in [0.05, 0.1) is 4.90 Å². The lowest BCUT2D eigenvalue weighted by molar-refractivity contribution is -0.126. The maximum absolute atomic E-state index is 12.7. The molecule has 1 fully saturated rings. The molecule has 0 radical (unpaired) electrons. The van der Waals surface area contributed by atoms with Crippen molar-refractivity contribution < 1.29 is 13.2 Å². The lowest BCUT2D eigenvalue weighted by Gasteiger charge is -2.31. The Kier molecular flexibility index (Phi) is 7.05. The number of hydrogen-bond acceptors (Lipinski definition) is 4. The summed E-state index contributed by atoms with van der Waals surface area (Å²) in [6, 6.07) is 17.1. The van der Waals surface area contributed by atoms with Crippen LogP contribution in [0.1, 0.15) is 30.4 Å². The molecule has 1 amide bonds. The molecule has 0 bridgehead atoms. The van der Waals surface area contributed by atoms with Crippen molar-refractivity contribution in [2.24, 2.45) is 5.92 Å². The lowest BCUT2D eigenvalue weighted by atomic mass is 9.97. The Balaban J connectivity index is 1.17. The van der Waals surface area contributed by atoms with Crippen molar-refractivity contribution in [1.29, 1.82) is 0 Å². The molecule has 0 unspecified atom stereocenters. The van der Waals surface area contributed by atoms with E-state index in [2.05, 4.69) is 34.5 Å². The Hall–Kier alpha value is -2.22. The van der Waals surface area contributed by atoms with Crippen molar-refractivity contribution in [2.45, 2.75) is 37.1 Å². The van der Waals surface area contributed by atoms with E-state index in [9.17, 15) is 13.2 Å². The minimum absolute atomic E-state index is 0.0562. The highest BCUT2D eigenvalue weighted by Crippen LogP contribution is 2.24. The molecule has 4 rings (SSSR count). The highest BCUT2D eigenvalue weighted by atomic mass is 32.2. The lowest BCUT2D eigenvalue weighted by Crippen LogP contribution is -2.43. The van der Waals surface area contributed by atoms with Crippen molar-refractivity contribution in [3.8, 4) is 0 Å². The first-order valence-electron chi connectivity index (χ1n) is 11.2. The van der Waals surface area contributed by atoms with E-state index in [1.54, 1.807) is 30.3 Å². The minimum Gasteiger partial charge on any atom is -0.356 e. The minimum atomic E-state index is -3.47. The van der Waals surface area contributed by atoms with Crippen molar-refractivity contribution in [3.63, 3.8) is 0 Å². The molecule has 2 aliphatic heterocycles. The highest BCUT2D eigenvalue weighted by molar-refractivity contribution is 7.89. The molecule has 2 heterocycles. The first kappa shape index (κ1) is 22.0. The van der Waals surface area contributed by atoms with E-state index in [4.69, 9.17) is 0 Å². The number of nitrogens with zero attached hydrogens (tertiary/aromatic N) is 2. The Morgan fingerprint density at radius 3 is 2.35 bits per heavy atom. The smallest absolute Gasteiger partial charge is 0.243 e. The topological polar surface area (TPSA) is 69.7 Å². The van der Waals surface area contributed by atoms with E-state index < -0.39 is 10.0 Å². The predicted molar refractivity (Wildman–Crippen MR) is 121 cm³/mol. The van der Waals surface area contributed by atoms with Crippen LogP contribution in [0.5, 0.6) is 0 Å². The van der Waals surface area contributed by atoms with Gasteiger partial charge in [0.1, 0.15) is 0 Å². The van der Waals surface area contributed by atoms with Gasteiger partial charge in [0.2, 0.25) is 15.9 Å². The van der Waals surface area contributed by atoms with Gasteiger partial charge in [-0.15, -0.1) is 0 Å². The van der Waals surface area contributed by atoms with Crippen LogP contribution in [0.2, 0.25) is 0 Å². The van der Waals surface area contributed by atoms with Crippen LogP contribution in [0.25, 0.3) is 0 Å². The number of carbonyl (C=O) groups excluding carboxylic acids is 1. The van der Waals surface area contributed by atoms with Crippen LogP contribution in [0.3, 0.4) is 0 Å². The molecule has 31 heavy (non-hydrogen) atoms. The van der Waals surface area contributed by atoms with Gasteiger partial charge in [-0.25, -0.2) is 8.42 Å². The standard InChI is InChI=1S/C24H31N3O3S/c28-24(25-14-6-15-26-16-11-20-7-4-5-8-22(20)19-26)21-12-17-27(18-13-21)31(29,30)23-9-2-1-3-10-23/h1-5,7-10,21H,6,11-19H2,(H,25,28). The second-order valence-corrected chi connectivity index (χ2v) is 10.4. The van der Waals surface area contributed by atoms with Crippen molar-refractivity contribution in [1.82, 2.24) is 14.5 Å². The van der Waals surface area contributed by atoms with Crippen LogP contribution in [-0.4, -0.2) is 56.3 Å². The quantitative estimate of drug-likeness (QED) is 0.671. The third-order valence-electron chi connectivity index (χ3n) is 6.37. The normalized spacial score (nSPS) is 18.5. The van der Waals surface area contributed by atoms with Crippen LogP contribution in [0.15, 0.2) is 59.5 Å². The molecule has 0 saturated carbocycles. The van der Waals surface area contributed by atoms with Crippen LogP contribution < -0.4 is 5.32 Å². The zero-order valence-electron chi connectivity index (χ0n) is 17.9.